The van der Waals surface area contributed by atoms with Crippen molar-refractivity contribution in [1.29, 1.82) is 0 Å². The van der Waals surface area contributed by atoms with Gasteiger partial charge in [-0.1, -0.05) is 6.92 Å². The molecule has 120 valence electrons. The Kier molecular flexibility index (Phi) is 4.39. The predicted octanol–water partition coefficient (Wildman–Crippen LogP) is 2.59. The van der Waals surface area contributed by atoms with Gasteiger partial charge in [-0.15, -0.1) is 0 Å². The van der Waals surface area contributed by atoms with E-state index in [1.165, 1.54) is 18.5 Å². The quantitative estimate of drug-likeness (QED) is 0.943. The van der Waals surface area contributed by atoms with Gasteiger partial charge in [0.1, 0.15) is 6.54 Å². The predicted molar refractivity (Wildman–Crippen MR) is 75.3 cm³/mol. The van der Waals surface area contributed by atoms with Crippen LogP contribution in [0.3, 0.4) is 0 Å². The topological polar surface area (TPSA) is 59.8 Å². The molecule has 0 aromatic carbocycles. The fourth-order valence-corrected chi connectivity index (χ4v) is 2.27. The molecule has 0 atom stereocenters. The number of carbonyl (C=O) groups excluding carboxylic acids is 1. The van der Waals surface area contributed by atoms with Crippen molar-refractivity contribution in [2.24, 2.45) is 0 Å². The highest BCUT2D eigenvalue weighted by Gasteiger charge is 2.35. The van der Waals surface area contributed by atoms with Crippen molar-refractivity contribution in [2.45, 2.75) is 39.9 Å². The van der Waals surface area contributed by atoms with E-state index < -0.39 is 11.7 Å². The highest BCUT2D eigenvalue weighted by molar-refractivity contribution is 5.85. The van der Waals surface area contributed by atoms with E-state index in [4.69, 9.17) is 0 Å². The number of halogens is 3. The fourth-order valence-electron chi connectivity index (χ4n) is 2.27. The molecule has 1 amide bonds. The molecule has 0 aliphatic carbocycles. The fraction of sp³-hybridized carbons (Fsp3) is 0.500. The lowest BCUT2D eigenvalue weighted by Gasteiger charge is -2.10. The number of carbonyl (C=O) groups is 1. The lowest BCUT2D eigenvalue weighted by atomic mass is 10.1. The van der Waals surface area contributed by atoms with Crippen LogP contribution in [-0.2, 0) is 17.5 Å². The third-order valence-electron chi connectivity index (χ3n) is 3.18. The second-order valence-corrected chi connectivity index (χ2v) is 5.10. The summed E-state index contributed by atoms with van der Waals surface area (Å²) in [5.74, 6) is -0.303. The second-order valence-electron chi connectivity index (χ2n) is 5.10. The first-order valence-electron chi connectivity index (χ1n) is 6.92. The molecule has 0 saturated carbocycles. The van der Waals surface area contributed by atoms with Crippen molar-refractivity contribution in [3.63, 3.8) is 0 Å². The van der Waals surface area contributed by atoms with Gasteiger partial charge in [0.2, 0.25) is 5.91 Å². The van der Waals surface area contributed by atoms with E-state index in [0.717, 1.165) is 12.5 Å². The number of hydrogen-bond donors (Lipinski definition) is 1. The van der Waals surface area contributed by atoms with Crippen molar-refractivity contribution in [1.82, 2.24) is 20.1 Å². The molecule has 8 heteroatoms. The maximum Gasteiger partial charge on any atom is 0.417 e. The van der Waals surface area contributed by atoms with E-state index in [-0.39, 0.29) is 34.9 Å². The van der Waals surface area contributed by atoms with Crippen LogP contribution in [0.1, 0.15) is 30.3 Å². The van der Waals surface area contributed by atoms with Crippen LogP contribution < -0.4 is 5.32 Å². The summed E-state index contributed by atoms with van der Waals surface area (Å²) in [7, 11) is 0. The Balaban J connectivity index is 2.50. The first-order valence-corrected chi connectivity index (χ1v) is 6.92. The van der Waals surface area contributed by atoms with Crippen LogP contribution in [0.4, 0.5) is 13.2 Å². The van der Waals surface area contributed by atoms with Crippen molar-refractivity contribution in [2.75, 3.05) is 6.54 Å². The van der Waals surface area contributed by atoms with Gasteiger partial charge in [-0.05, 0) is 26.3 Å². The summed E-state index contributed by atoms with van der Waals surface area (Å²) in [6.07, 6.45) is -3.71. The van der Waals surface area contributed by atoms with Gasteiger partial charge in [0.25, 0.3) is 0 Å². The molecule has 0 aliphatic heterocycles. The number of aryl methyl sites for hydroxylation is 2. The molecule has 0 aliphatic rings. The molecule has 2 heterocycles. The van der Waals surface area contributed by atoms with Gasteiger partial charge in [0, 0.05) is 12.2 Å². The maximum absolute atomic E-state index is 13.2. The number of hydrogen-bond acceptors (Lipinski definition) is 3. The summed E-state index contributed by atoms with van der Waals surface area (Å²) in [5.41, 5.74) is -0.253. The molecule has 2 rings (SSSR count). The van der Waals surface area contributed by atoms with E-state index in [2.05, 4.69) is 15.4 Å². The molecule has 2 aromatic heterocycles. The third-order valence-corrected chi connectivity index (χ3v) is 3.18. The average Bonchev–Trinajstić information content (AvgIpc) is 2.71. The molecular weight excluding hydrogens is 297 g/mol. The summed E-state index contributed by atoms with van der Waals surface area (Å²) >= 11 is 0. The minimum absolute atomic E-state index is 0.0543. The first kappa shape index (κ1) is 16.3. The Hall–Kier alpha value is -2.12. The zero-order chi connectivity index (χ0) is 16.5. The van der Waals surface area contributed by atoms with E-state index >= 15 is 0 Å². The molecule has 1 N–H and O–H groups in total. The van der Waals surface area contributed by atoms with Crippen LogP contribution in [0.5, 0.6) is 0 Å². The third kappa shape index (κ3) is 3.20. The second kappa shape index (κ2) is 5.94. The number of pyridine rings is 1. The monoisotopic (exact) mass is 314 g/mol. The lowest BCUT2D eigenvalue weighted by molar-refractivity contribution is -0.136. The largest absolute Gasteiger partial charge is 0.417 e. The smallest absolute Gasteiger partial charge is 0.355 e. The average molecular weight is 314 g/mol. The van der Waals surface area contributed by atoms with E-state index in [1.54, 1.807) is 0 Å². The number of amides is 1. The van der Waals surface area contributed by atoms with E-state index in [9.17, 15) is 18.0 Å². The van der Waals surface area contributed by atoms with Crippen LogP contribution in [0.15, 0.2) is 6.07 Å². The summed E-state index contributed by atoms with van der Waals surface area (Å²) < 4.78 is 40.7. The van der Waals surface area contributed by atoms with Gasteiger partial charge < -0.3 is 5.32 Å². The molecule has 0 unspecified atom stereocenters. The number of fused-ring (bicyclic) bond motifs is 1. The molecule has 22 heavy (non-hydrogen) atoms. The van der Waals surface area contributed by atoms with Gasteiger partial charge >= 0.3 is 6.18 Å². The Morgan fingerprint density at radius 2 is 2.05 bits per heavy atom. The van der Waals surface area contributed by atoms with Gasteiger partial charge in [-0.3, -0.25) is 4.79 Å². The Morgan fingerprint density at radius 3 is 2.64 bits per heavy atom. The molecule has 5 nitrogen and oxygen atoms in total. The minimum atomic E-state index is -4.49. The molecule has 0 saturated heterocycles. The number of nitrogens with one attached hydrogen (secondary N) is 1. The summed E-state index contributed by atoms with van der Waals surface area (Å²) in [6, 6.07) is 0.999. The standard InChI is InChI=1S/C14H17F3N4O/c1-4-5-18-11(22)7-21-13-12(9(3)20-21)10(14(15,16)17)6-8(2)19-13/h6H,4-5,7H2,1-3H3,(H,18,22). The van der Waals surface area contributed by atoms with Crippen LogP contribution in [0.25, 0.3) is 11.0 Å². The Labute approximate surface area is 125 Å². The Bertz CT molecular complexity index is 706. The number of rotatable bonds is 4. The van der Waals surface area contributed by atoms with Crippen LogP contribution in [0.2, 0.25) is 0 Å². The highest BCUT2D eigenvalue weighted by atomic mass is 19.4. The van der Waals surface area contributed by atoms with Crippen molar-refractivity contribution >= 4 is 16.9 Å². The van der Waals surface area contributed by atoms with Crippen LogP contribution >= 0.6 is 0 Å². The van der Waals surface area contributed by atoms with E-state index in [0.29, 0.717) is 6.54 Å². The Morgan fingerprint density at radius 1 is 1.36 bits per heavy atom. The summed E-state index contributed by atoms with van der Waals surface area (Å²) in [5, 5.41) is 6.66. The minimum Gasteiger partial charge on any atom is -0.355 e. The first-order chi connectivity index (χ1) is 10.2. The maximum atomic E-state index is 13.2. The zero-order valence-corrected chi connectivity index (χ0v) is 12.6. The van der Waals surface area contributed by atoms with Gasteiger partial charge in [0.05, 0.1) is 16.6 Å². The summed E-state index contributed by atoms with van der Waals surface area (Å²) in [4.78, 5) is 15.9. The van der Waals surface area contributed by atoms with Crippen molar-refractivity contribution < 1.29 is 18.0 Å². The van der Waals surface area contributed by atoms with Gasteiger partial charge in [-0.2, -0.15) is 18.3 Å². The lowest BCUT2D eigenvalue weighted by Crippen LogP contribution is -2.28. The van der Waals surface area contributed by atoms with Crippen LogP contribution in [0, 0.1) is 13.8 Å². The van der Waals surface area contributed by atoms with E-state index in [1.807, 2.05) is 6.92 Å². The number of nitrogens with zero attached hydrogens (tertiary/aromatic N) is 3. The molecule has 0 bridgehead atoms. The number of alkyl halides is 3. The SMILES string of the molecule is CCCNC(=O)Cn1nc(C)c2c(C(F)(F)F)cc(C)nc21. The molecule has 0 spiro atoms. The molecule has 0 fully saturated rings. The molecule has 2 aromatic rings. The molecule has 0 radical (unpaired) electrons. The van der Waals surface area contributed by atoms with Gasteiger partial charge in [-0.25, -0.2) is 9.67 Å². The number of aromatic nitrogens is 3. The molecular formula is C14H17F3N4O. The van der Waals surface area contributed by atoms with Crippen molar-refractivity contribution in [3.8, 4) is 0 Å². The zero-order valence-electron chi connectivity index (χ0n) is 12.6. The highest BCUT2D eigenvalue weighted by Crippen LogP contribution is 2.36. The summed E-state index contributed by atoms with van der Waals surface area (Å²) in [6.45, 7) is 5.23. The van der Waals surface area contributed by atoms with Crippen LogP contribution in [-0.4, -0.2) is 27.2 Å². The van der Waals surface area contributed by atoms with Gasteiger partial charge in [0.15, 0.2) is 5.65 Å². The normalized spacial score (nSPS) is 11.9. The van der Waals surface area contributed by atoms with Crippen molar-refractivity contribution in [3.05, 3.63) is 23.0 Å².